The highest BCUT2D eigenvalue weighted by molar-refractivity contribution is 7.13. The fraction of sp³-hybridized carbons (Fsp3) is 0.476. The van der Waals surface area contributed by atoms with Gasteiger partial charge in [-0.3, -0.25) is 4.90 Å². The SMILES string of the molecule is COC(C)c1cc(-c2nccs2)c2oc(N3CC4CCC(C3)N4C(=O)O)nc2c1C(F)(F)F. The minimum absolute atomic E-state index is 0.00680. The highest BCUT2D eigenvalue weighted by Crippen LogP contribution is 2.45. The third-order valence-electron chi connectivity index (χ3n) is 6.40. The molecule has 2 aliphatic heterocycles. The zero-order valence-corrected chi connectivity index (χ0v) is 18.6. The van der Waals surface area contributed by atoms with E-state index in [0.717, 1.165) is 0 Å². The van der Waals surface area contributed by atoms with Gasteiger partial charge in [-0.15, -0.1) is 11.3 Å². The second-order valence-corrected chi connectivity index (χ2v) is 9.15. The maximum atomic E-state index is 14.2. The number of fused-ring (bicyclic) bond motifs is 3. The minimum atomic E-state index is -4.68. The number of methoxy groups -OCH3 is 1. The Labute approximate surface area is 190 Å². The monoisotopic (exact) mass is 482 g/mol. The number of carboxylic acid groups (broad SMARTS) is 1. The number of hydrogen-bond donors (Lipinski definition) is 1. The molecule has 3 atom stereocenters. The van der Waals surface area contributed by atoms with E-state index in [1.54, 1.807) is 23.4 Å². The molecule has 0 saturated carbocycles. The number of rotatable bonds is 4. The van der Waals surface area contributed by atoms with E-state index in [-0.39, 0.29) is 34.8 Å². The van der Waals surface area contributed by atoms with Crippen LogP contribution in [0.4, 0.5) is 24.0 Å². The van der Waals surface area contributed by atoms with Crippen LogP contribution in [0.1, 0.15) is 37.0 Å². The third-order valence-corrected chi connectivity index (χ3v) is 7.20. The summed E-state index contributed by atoms with van der Waals surface area (Å²) in [6, 6.07) is 0.971. The molecule has 12 heteroatoms. The van der Waals surface area contributed by atoms with Crippen LogP contribution < -0.4 is 4.90 Å². The predicted octanol–water partition coefficient (Wildman–Crippen LogP) is 5.01. The number of nitrogens with zero attached hydrogens (tertiary/aromatic N) is 4. The summed E-state index contributed by atoms with van der Waals surface area (Å²) in [6.45, 7) is 2.17. The van der Waals surface area contributed by atoms with Crippen molar-refractivity contribution in [2.24, 2.45) is 0 Å². The number of piperazine rings is 1. The summed E-state index contributed by atoms with van der Waals surface area (Å²) < 4.78 is 53.9. The molecule has 1 N–H and O–H groups in total. The van der Waals surface area contributed by atoms with Gasteiger partial charge in [0.25, 0.3) is 6.01 Å². The Balaban J connectivity index is 1.68. The molecule has 2 aromatic heterocycles. The third kappa shape index (κ3) is 3.61. The van der Waals surface area contributed by atoms with E-state index >= 15 is 0 Å². The number of ether oxygens (including phenoxy) is 1. The van der Waals surface area contributed by atoms with Gasteiger partial charge in [0.2, 0.25) is 0 Å². The maximum absolute atomic E-state index is 14.2. The summed E-state index contributed by atoms with van der Waals surface area (Å²) in [4.78, 5) is 23.3. The zero-order chi connectivity index (χ0) is 23.5. The van der Waals surface area contributed by atoms with Crippen molar-refractivity contribution in [3.63, 3.8) is 0 Å². The van der Waals surface area contributed by atoms with E-state index in [4.69, 9.17) is 9.15 Å². The molecule has 0 radical (unpaired) electrons. The van der Waals surface area contributed by atoms with Crippen molar-refractivity contribution in [2.45, 2.75) is 44.1 Å². The first-order valence-electron chi connectivity index (χ1n) is 10.4. The Morgan fingerprint density at radius 1 is 1.33 bits per heavy atom. The van der Waals surface area contributed by atoms with Crippen LogP contribution >= 0.6 is 11.3 Å². The van der Waals surface area contributed by atoms with Crippen molar-refractivity contribution in [3.8, 4) is 10.6 Å². The van der Waals surface area contributed by atoms with Crippen molar-refractivity contribution in [3.05, 3.63) is 28.8 Å². The number of amides is 1. The van der Waals surface area contributed by atoms with Crippen LogP contribution in [-0.2, 0) is 10.9 Å². The second-order valence-electron chi connectivity index (χ2n) is 8.26. The summed E-state index contributed by atoms with van der Waals surface area (Å²) in [6.07, 6.45) is -3.54. The Bertz CT molecular complexity index is 1180. The highest BCUT2D eigenvalue weighted by Gasteiger charge is 2.45. The lowest BCUT2D eigenvalue weighted by atomic mass is 9.97. The molecule has 3 aromatic rings. The van der Waals surface area contributed by atoms with E-state index in [2.05, 4.69) is 9.97 Å². The zero-order valence-electron chi connectivity index (χ0n) is 17.8. The molecule has 176 valence electrons. The molecule has 2 saturated heterocycles. The molecule has 1 amide bonds. The molecule has 3 unspecified atom stereocenters. The number of hydrogen-bond acceptors (Lipinski definition) is 7. The smallest absolute Gasteiger partial charge is 0.418 e. The van der Waals surface area contributed by atoms with Gasteiger partial charge in [-0.2, -0.15) is 18.2 Å². The Hall–Kier alpha value is -2.86. The second kappa shape index (κ2) is 7.87. The van der Waals surface area contributed by atoms with Gasteiger partial charge in [0.05, 0.1) is 29.3 Å². The summed E-state index contributed by atoms with van der Waals surface area (Å²) in [5, 5.41) is 11.7. The highest BCUT2D eigenvalue weighted by atomic mass is 32.1. The lowest BCUT2D eigenvalue weighted by Crippen LogP contribution is -2.55. The Morgan fingerprint density at radius 3 is 2.58 bits per heavy atom. The standard InChI is InChI=1S/C21H21F3N4O4S/c1-10(31-2)13-7-14(18-25-5-6-33-18)17-16(15(13)21(22,23)24)26-19(32-17)27-8-11-3-4-12(9-27)28(11)20(29)30/h5-7,10-12H,3-4,8-9H2,1-2H3,(H,29,30). The predicted molar refractivity (Wildman–Crippen MR) is 114 cm³/mol. The van der Waals surface area contributed by atoms with Crippen molar-refractivity contribution in [1.29, 1.82) is 0 Å². The van der Waals surface area contributed by atoms with Crippen LogP contribution in [0.3, 0.4) is 0 Å². The number of anilines is 1. The van der Waals surface area contributed by atoms with Gasteiger partial charge in [0.15, 0.2) is 5.58 Å². The molecular weight excluding hydrogens is 461 g/mol. The normalized spacial score (nSPS) is 21.7. The number of alkyl halides is 3. The lowest BCUT2D eigenvalue weighted by Gasteiger charge is -2.38. The molecule has 33 heavy (non-hydrogen) atoms. The van der Waals surface area contributed by atoms with Crippen LogP contribution in [0.25, 0.3) is 21.7 Å². The first-order chi connectivity index (χ1) is 15.7. The number of thiazole rings is 1. The fourth-order valence-corrected chi connectivity index (χ4v) is 5.51. The summed E-state index contributed by atoms with van der Waals surface area (Å²) in [5.41, 5.74) is -0.810. The van der Waals surface area contributed by atoms with E-state index in [1.165, 1.54) is 29.4 Å². The Kier molecular flexibility index (Phi) is 5.24. The van der Waals surface area contributed by atoms with Crippen LogP contribution in [0.2, 0.25) is 0 Å². The number of benzene rings is 1. The van der Waals surface area contributed by atoms with Crippen LogP contribution in [0.5, 0.6) is 0 Å². The molecule has 1 aromatic carbocycles. The molecule has 2 fully saturated rings. The van der Waals surface area contributed by atoms with Crippen molar-refractivity contribution in [1.82, 2.24) is 14.9 Å². The summed E-state index contributed by atoms with van der Waals surface area (Å²) >= 11 is 1.28. The lowest BCUT2D eigenvalue weighted by molar-refractivity contribution is -0.138. The van der Waals surface area contributed by atoms with E-state index < -0.39 is 23.9 Å². The topological polar surface area (TPSA) is 91.9 Å². The van der Waals surface area contributed by atoms with Gasteiger partial charge in [-0.1, -0.05) is 0 Å². The number of carbonyl (C=O) groups is 1. The fourth-order valence-electron chi connectivity index (χ4n) is 4.86. The van der Waals surface area contributed by atoms with Crippen molar-refractivity contribution in [2.75, 3.05) is 25.1 Å². The van der Waals surface area contributed by atoms with Gasteiger partial charge in [-0.25, -0.2) is 9.78 Å². The number of halogens is 3. The van der Waals surface area contributed by atoms with E-state index in [1.807, 2.05) is 0 Å². The van der Waals surface area contributed by atoms with E-state index in [9.17, 15) is 23.1 Å². The molecule has 2 aliphatic rings. The summed E-state index contributed by atoms with van der Waals surface area (Å²) in [7, 11) is 1.35. The van der Waals surface area contributed by atoms with Crippen LogP contribution in [-0.4, -0.2) is 58.4 Å². The van der Waals surface area contributed by atoms with Crippen molar-refractivity contribution < 1.29 is 32.2 Å². The average molecular weight is 482 g/mol. The largest absolute Gasteiger partial charge is 0.465 e. The minimum Gasteiger partial charge on any atom is -0.465 e. The van der Waals surface area contributed by atoms with Gasteiger partial charge in [-0.05, 0) is 31.4 Å². The first-order valence-corrected chi connectivity index (χ1v) is 11.3. The quantitative estimate of drug-likeness (QED) is 0.559. The molecule has 2 bridgehead atoms. The Morgan fingerprint density at radius 2 is 2.03 bits per heavy atom. The maximum Gasteiger partial charge on any atom is 0.418 e. The van der Waals surface area contributed by atoms with Gasteiger partial charge >= 0.3 is 12.3 Å². The molecule has 0 spiro atoms. The van der Waals surface area contributed by atoms with Gasteiger partial charge in [0, 0.05) is 31.8 Å². The average Bonchev–Trinajstić information content (AvgIpc) is 3.49. The van der Waals surface area contributed by atoms with E-state index in [0.29, 0.717) is 36.5 Å². The number of aromatic nitrogens is 2. The van der Waals surface area contributed by atoms with Crippen molar-refractivity contribution >= 4 is 34.5 Å². The van der Waals surface area contributed by atoms with Gasteiger partial charge in [0.1, 0.15) is 10.5 Å². The van der Waals surface area contributed by atoms with Crippen LogP contribution in [0.15, 0.2) is 22.1 Å². The molecule has 8 nitrogen and oxygen atoms in total. The number of oxazole rings is 1. The van der Waals surface area contributed by atoms with Crippen LogP contribution in [0, 0.1) is 0 Å². The molecule has 0 aliphatic carbocycles. The molecule has 4 heterocycles. The molecule has 5 rings (SSSR count). The first kappa shape index (κ1) is 22.0. The molecular formula is C21H21F3N4O4S. The van der Waals surface area contributed by atoms with Gasteiger partial charge < -0.3 is 19.2 Å². The summed E-state index contributed by atoms with van der Waals surface area (Å²) in [5.74, 6) is 0.